The summed E-state index contributed by atoms with van der Waals surface area (Å²) in [4.78, 5) is 10.9. The molecule has 1 heterocycles. The second-order valence-corrected chi connectivity index (χ2v) is 6.58. The van der Waals surface area contributed by atoms with Crippen molar-refractivity contribution in [2.24, 2.45) is 0 Å². The van der Waals surface area contributed by atoms with Crippen LogP contribution in [0.3, 0.4) is 0 Å². The largest absolute Gasteiger partial charge is 0.469 e. The number of aryl methyl sites for hydroxylation is 2. The standard InChI is InChI=1S/C13H21NO5S/c1-9-8-12(11(3)19-9)10(2)14-20(16,17)7-5-6-13(15)18-4/h8,10,14H,5-7H2,1-4H3. The van der Waals surface area contributed by atoms with E-state index in [4.69, 9.17) is 4.42 Å². The molecule has 0 aliphatic carbocycles. The highest BCUT2D eigenvalue weighted by molar-refractivity contribution is 7.89. The van der Waals surface area contributed by atoms with Crippen molar-refractivity contribution in [2.75, 3.05) is 12.9 Å². The van der Waals surface area contributed by atoms with Crippen LogP contribution < -0.4 is 4.72 Å². The average molecular weight is 303 g/mol. The lowest BCUT2D eigenvalue weighted by Crippen LogP contribution is -2.29. The molecule has 0 amide bonds. The molecule has 0 aromatic carbocycles. The van der Waals surface area contributed by atoms with Gasteiger partial charge in [0.15, 0.2) is 0 Å². The molecule has 1 aromatic rings. The van der Waals surface area contributed by atoms with E-state index < -0.39 is 16.0 Å². The Morgan fingerprint density at radius 2 is 2.10 bits per heavy atom. The molecule has 1 aromatic heterocycles. The first kappa shape index (κ1) is 16.7. The first-order valence-electron chi connectivity index (χ1n) is 6.39. The Morgan fingerprint density at radius 3 is 2.60 bits per heavy atom. The van der Waals surface area contributed by atoms with Gasteiger partial charge in [0.1, 0.15) is 11.5 Å². The molecule has 1 rings (SSSR count). The van der Waals surface area contributed by atoms with E-state index in [-0.39, 0.29) is 24.6 Å². The Hall–Kier alpha value is -1.34. The molecule has 1 unspecified atom stereocenters. The quantitative estimate of drug-likeness (QED) is 0.777. The Morgan fingerprint density at radius 1 is 1.45 bits per heavy atom. The summed E-state index contributed by atoms with van der Waals surface area (Å²) in [7, 11) is -2.16. The number of carbonyl (C=O) groups excluding carboxylic acids is 1. The van der Waals surface area contributed by atoms with Gasteiger partial charge >= 0.3 is 5.97 Å². The lowest BCUT2D eigenvalue weighted by molar-refractivity contribution is -0.140. The van der Waals surface area contributed by atoms with Gasteiger partial charge in [-0.3, -0.25) is 4.79 Å². The number of carbonyl (C=O) groups is 1. The third-order valence-electron chi connectivity index (χ3n) is 2.92. The van der Waals surface area contributed by atoms with Crippen LogP contribution in [0.15, 0.2) is 10.5 Å². The number of hydrogen-bond donors (Lipinski definition) is 1. The number of nitrogens with one attached hydrogen (secondary N) is 1. The SMILES string of the molecule is COC(=O)CCCS(=O)(=O)NC(C)c1cc(C)oc1C. The molecule has 7 heteroatoms. The first-order chi connectivity index (χ1) is 9.25. The summed E-state index contributed by atoms with van der Waals surface area (Å²) < 4.78 is 36.2. The van der Waals surface area contributed by atoms with Gasteiger partial charge in [0.2, 0.25) is 10.0 Å². The third kappa shape index (κ3) is 4.97. The van der Waals surface area contributed by atoms with Crippen LogP contribution in [0.25, 0.3) is 0 Å². The van der Waals surface area contributed by atoms with Gasteiger partial charge in [-0.05, 0) is 33.3 Å². The molecule has 6 nitrogen and oxygen atoms in total. The molecular weight excluding hydrogens is 282 g/mol. The fourth-order valence-electron chi connectivity index (χ4n) is 1.98. The minimum atomic E-state index is -3.44. The van der Waals surface area contributed by atoms with E-state index in [9.17, 15) is 13.2 Å². The number of hydrogen-bond acceptors (Lipinski definition) is 5. The lowest BCUT2D eigenvalue weighted by Gasteiger charge is -2.13. The molecule has 0 radical (unpaired) electrons. The summed E-state index contributed by atoms with van der Waals surface area (Å²) in [6.07, 6.45) is 0.327. The van der Waals surface area contributed by atoms with Crippen LogP contribution in [0.4, 0.5) is 0 Å². The van der Waals surface area contributed by atoms with Crippen molar-refractivity contribution in [2.45, 2.75) is 39.7 Å². The van der Waals surface area contributed by atoms with Crippen LogP contribution in [0.1, 0.15) is 42.9 Å². The van der Waals surface area contributed by atoms with E-state index in [0.29, 0.717) is 5.76 Å². The van der Waals surface area contributed by atoms with E-state index in [1.54, 1.807) is 13.8 Å². The summed E-state index contributed by atoms with van der Waals surface area (Å²) in [5.41, 5.74) is 0.819. The lowest BCUT2D eigenvalue weighted by atomic mass is 10.1. The molecule has 0 spiro atoms. The predicted octanol–water partition coefficient (Wildman–Crippen LogP) is 1.83. The number of furan rings is 1. The van der Waals surface area contributed by atoms with Crippen LogP contribution >= 0.6 is 0 Å². The zero-order valence-electron chi connectivity index (χ0n) is 12.2. The van der Waals surface area contributed by atoms with E-state index >= 15 is 0 Å². The summed E-state index contributed by atoms with van der Waals surface area (Å²) in [6, 6.07) is 1.45. The van der Waals surface area contributed by atoms with E-state index in [1.165, 1.54) is 7.11 Å². The topological polar surface area (TPSA) is 85.6 Å². The Bertz CT molecular complexity index is 561. The van der Waals surface area contributed by atoms with Crippen molar-refractivity contribution < 1.29 is 22.4 Å². The van der Waals surface area contributed by atoms with Crippen LogP contribution in [0, 0.1) is 13.8 Å². The zero-order chi connectivity index (χ0) is 15.3. The highest BCUT2D eigenvalue weighted by atomic mass is 32.2. The van der Waals surface area contributed by atoms with Crippen molar-refractivity contribution >= 4 is 16.0 Å². The van der Waals surface area contributed by atoms with Crippen molar-refractivity contribution in [3.05, 3.63) is 23.2 Å². The smallest absolute Gasteiger partial charge is 0.305 e. The molecule has 20 heavy (non-hydrogen) atoms. The number of sulfonamides is 1. The third-order valence-corrected chi connectivity index (χ3v) is 4.46. The van der Waals surface area contributed by atoms with Gasteiger partial charge in [-0.1, -0.05) is 0 Å². The zero-order valence-corrected chi connectivity index (χ0v) is 13.0. The maximum Gasteiger partial charge on any atom is 0.305 e. The van der Waals surface area contributed by atoms with Crippen molar-refractivity contribution in [1.82, 2.24) is 4.72 Å². The van der Waals surface area contributed by atoms with E-state index in [2.05, 4.69) is 9.46 Å². The van der Waals surface area contributed by atoms with Crippen molar-refractivity contribution in [1.29, 1.82) is 0 Å². The molecule has 0 saturated heterocycles. The Labute approximate surface area is 119 Å². The maximum atomic E-state index is 11.9. The second kappa shape index (κ2) is 6.90. The molecule has 114 valence electrons. The normalized spacial score (nSPS) is 13.2. The second-order valence-electron chi connectivity index (χ2n) is 4.71. The van der Waals surface area contributed by atoms with E-state index in [1.807, 2.05) is 13.0 Å². The van der Waals surface area contributed by atoms with Gasteiger partial charge in [0, 0.05) is 18.0 Å². The number of methoxy groups -OCH3 is 1. The van der Waals surface area contributed by atoms with Crippen LogP contribution in [-0.2, 0) is 19.6 Å². The highest BCUT2D eigenvalue weighted by Crippen LogP contribution is 2.21. The molecule has 1 N–H and O–H groups in total. The monoisotopic (exact) mass is 303 g/mol. The number of rotatable bonds is 7. The first-order valence-corrected chi connectivity index (χ1v) is 8.04. The van der Waals surface area contributed by atoms with Gasteiger partial charge in [0.05, 0.1) is 12.9 Å². The summed E-state index contributed by atoms with van der Waals surface area (Å²) in [5.74, 6) is 0.929. The summed E-state index contributed by atoms with van der Waals surface area (Å²) in [5, 5.41) is 0. The molecule has 0 aliphatic rings. The molecule has 1 atom stereocenters. The van der Waals surface area contributed by atoms with Crippen LogP contribution in [0.5, 0.6) is 0 Å². The number of esters is 1. The maximum absolute atomic E-state index is 11.9. The molecule has 0 aliphatic heterocycles. The van der Waals surface area contributed by atoms with Crippen LogP contribution in [-0.4, -0.2) is 27.2 Å². The van der Waals surface area contributed by atoms with Crippen molar-refractivity contribution in [3.63, 3.8) is 0 Å². The van der Waals surface area contributed by atoms with Gasteiger partial charge in [0.25, 0.3) is 0 Å². The van der Waals surface area contributed by atoms with Crippen molar-refractivity contribution in [3.8, 4) is 0 Å². The van der Waals surface area contributed by atoms with Crippen LogP contribution in [0.2, 0.25) is 0 Å². The fraction of sp³-hybridized carbons (Fsp3) is 0.615. The van der Waals surface area contributed by atoms with E-state index in [0.717, 1.165) is 11.3 Å². The Balaban J connectivity index is 2.57. The minimum Gasteiger partial charge on any atom is -0.469 e. The Kier molecular flexibility index (Phi) is 5.76. The van der Waals surface area contributed by atoms with Gasteiger partial charge < -0.3 is 9.15 Å². The summed E-state index contributed by atoms with van der Waals surface area (Å²) >= 11 is 0. The number of ether oxygens (including phenoxy) is 1. The molecule has 0 saturated carbocycles. The van der Waals surface area contributed by atoms with Gasteiger partial charge in [-0.25, -0.2) is 13.1 Å². The molecule has 0 bridgehead atoms. The molecule has 0 fully saturated rings. The molecular formula is C13H21NO5S. The average Bonchev–Trinajstić information content (AvgIpc) is 2.67. The highest BCUT2D eigenvalue weighted by Gasteiger charge is 2.19. The van der Waals surface area contributed by atoms with Gasteiger partial charge in [-0.15, -0.1) is 0 Å². The summed E-state index contributed by atoms with van der Waals surface area (Å²) in [6.45, 7) is 5.37. The minimum absolute atomic E-state index is 0.0929. The predicted molar refractivity (Wildman–Crippen MR) is 74.8 cm³/mol. The fourth-order valence-corrected chi connectivity index (χ4v) is 3.29. The van der Waals surface area contributed by atoms with Gasteiger partial charge in [-0.2, -0.15) is 0 Å².